The van der Waals surface area contributed by atoms with Crippen molar-refractivity contribution < 1.29 is 17.3 Å². The predicted octanol–water partition coefficient (Wildman–Crippen LogP) is 3.46. The van der Waals surface area contributed by atoms with Crippen molar-refractivity contribution in [2.75, 3.05) is 6.54 Å². The highest BCUT2D eigenvalue weighted by atomic mass is 32.2. The summed E-state index contributed by atoms with van der Waals surface area (Å²) in [4.78, 5) is 0.0920. The average Bonchev–Trinajstić information content (AvgIpc) is 3.16. The van der Waals surface area contributed by atoms with Crippen LogP contribution in [-0.4, -0.2) is 24.4 Å². The molecule has 1 aliphatic rings. The lowest BCUT2D eigenvalue weighted by atomic mass is 10.1. The van der Waals surface area contributed by atoms with Gasteiger partial charge in [-0.3, -0.25) is 0 Å². The molecule has 124 valence electrons. The van der Waals surface area contributed by atoms with Crippen molar-refractivity contribution in [1.82, 2.24) is 9.46 Å². The van der Waals surface area contributed by atoms with Crippen LogP contribution < -0.4 is 0 Å². The Balaban J connectivity index is 1.92. The molecule has 1 aliphatic heterocycles. The summed E-state index contributed by atoms with van der Waals surface area (Å²) in [6.07, 6.45) is 1.44. The SMILES string of the molecule is CC(C)c1cc([C@H]2CCCN2S(=O)(=O)c2ccc(F)cc2)on1. The monoisotopic (exact) mass is 338 g/mol. The Morgan fingerprint density at radius 1 is 1.30 bits per heavy atom. The zero-order valence-corrected chi connectivity index (χ0v) is 13.9. The van der Waals surface area contributed by atoms with Gasteiger partial charge in [-0.2, -0.15) is 4.31 Å². The van der Waals surface area contributed by atoms with E-state index in [9.17, 15) is 12.8 Å². The van der Waals surface area contributed by atoms with Crippen molar-refractivity contribution in [3.05, 3.63) is 47.6 Å². The Hall–Kier alpha value is -1.73. The zero-order chi connectivity index (χ0) is 16.6. The number of rotatable bonds is 4. The summed E-state index contributed by atoms with van der Waals surface area (Å²) >= 11 is 0. The first-order valence-corrected chi connectivity index (χ1v) is 9.07. The van der Waals surface area contributed by atoms with Crippen LogP contribution in [0.4, 0.5) is 4.39 Å². The highest BCUT2D eigenvalue weighted by Gasteiger charge is 2.38. The second-order valence-corrected chi connectivity index (χ2v) is 7.93. The van der Waals surface area contributed by atoms with Crippen molar-refractivity contribution in [1.29, 1.82) is 0 Å². The second kappa shape index (κ2) is 6.05. The van der Waals surface area contributed by atoms with Gasteiger partial charge in [0, 0.05) is 12.6 Å². The van der Waals surface area contributed by atoms with E-state index >= 15 is 0 Å². The maximum Gasteiger partial charge on any atom is 0.243 e. The Morgan fingerprint density at radius 2 is 2.00 bits per heavy atom. The van der Waals surface area contributed by atoms with Gasteiger partial charge in [0.2, 0.25) is 10.0 Å². The number of sulfonamides is 1. The van der Waals surface area contributed by atoms with E-state index in [2.05, 4.69) is 5.16 Å². The van der Waals surface area contributed by atoms with Crippen LogP contribution in [0.15, 0.2) is 39.8 Å². The molecule has 1 saturated heterocycles. The van der Waals surface area contributed by atoms with E-state index in [1.165, 1.54) is 16.4 Å². The highest BCUT2D eigenvalue weighted by molar-refractivity contribution is 7.89. The first-order chi connectivity index (χ1) is 10.9. The van der Waals surface area contributed by atoms with E-state index in [1.807, 2.05) is 19.9 Å². The van der Waals surface area contributed by atoms with Gasteiger partial charge in [-0.1, -0.05) is 19.0 Å². The van der Waals surface area contributed by atoms with Gasteiger partial charge in [0.1, 0.15) is 5.82 Å². The van der Waals surface area contributed by atoms with Crippen molar-refractivity contribution in [3.63, 3.8) is 0 Å². The Morgan fingerprint density at radius 3 is 2.61 bits per heavy atom. The quantitative estimate of drug-likeness (QED) is 0.856. The number of benzene rings is 1. The number of aromatic nitrogens is 1. The summed E-state index contributed by atoms with van der Waals surface area (Å²) in [6, 6.07) is 6.37. The van der Waals surface area contributed by atoms with Crippen molar-refractivity contribution in [2.24, 2.45) is 0 Å². The molecule has 23 heavy (non-hydrogen) atoms. The van der Waals surface area contributed by atoms with E-state index in [-0.39, 0.29) is 16.9 Å². The second-order valence-electron chi connectivity index (χ2n) is 6.04. The fourth-order valence-corrected chi connectivity index (χ4v) is 4.45. The van der Waals surface area contributed by atoms with E-state index in [0.717, 1.165) is 24.2 Å². The Labute approximate surface area is 135 Å². The summed E-state index contributed by atoms with van der Waals surface area (Å²) in [5.74, 6) is 0.326. The molecule has 0 amide bonds. The third-order valence-electron chi connectivity index (χ3n) is 4.09. The molecule has 0 unspecified atom stereocenters. The van der Waals surface area contributed by atoms with Gasteiger partial charge in [0.05, 0.1) is 16.6 Å². The summed E-state index contributed by atoms with van der Waals surface area (Å²) in [5.41, 5.74) is 0.811. The molecule has 0 N–H and O–H groups in total. The molecule has 7 heteroatoms. The molecule has 0 saturated carbocycles. The van der Waals surface area contributed by atoms with E-state index in [0.29, 0.717) is 18.7 Å². The van der Waals surface area contributed by atoms with Crippen LogP contribution in [0.3, 0.4) is 0 Å². The van der Waals surface area contributed by atoms with Crippen LogP contribution in [0, 0.1) is 5.82 Å². The standard InChI is InChI=1S/C16H19FN2O3S/c1-11(2)14-10-16(22-18-14)15-4-3-9-19(15)23(20,21)13-7-5-12(17)6-8-13/h5-8,10-11,15H,3-4,9H2,1-2H3/t15-/m1/s1. The number of hydrogen-bond donors (Lipinski definition) is 0. The molecule has 1 aromatic carbocycles. The lowest BCUT2D eigenvalue weighted by Crippen LogP contribution is -2.30. The summed E-state index contributed by atoms with van der Waals surface area (Å²) in [6.45, 7) is 4.43. The molecule has 1 fully saturated rings. The van der Waals surface area contributed by atoms with Crippen LogP contribution in [-0.2, 0) is 10.0 Å². The molecule has 1 aromatic heterocycles. The smallest absolute Gasteiger partial charge is 0.243 e. The molecule has 0 aliphatic carbocycles. The molecular weight excluding hydrogens is 319 g/mol. The molecule has 0 bridgehead atoms. The van der Waals surface area contributed by atoms with Gasteiger partial charge < -0.3 is 4.52 Å². The van der Waals surface area contributed by atoms with Crippen LogP contribution in [0.2, 0.25) is 0 Å². The van der Waals surface area contributed by atoms with E-state index in [1.54, 1.807) is 0 Å². The van der Waals surface area contributed by atoms with E-state index < -0.39 is 15.8 Å². The van der Waals surface area contributed by atoms with Crippen LogP contribution >= 0.6 is 0 Å². The van der Waals surface area contributed by atoms with Crippen molar-refractivity contribution in [2.45, 2.75) is 43.5 Å². The molecule has 3 rings (SSSR count). The largest absolute Gasteiger partial charge is 0.359 e. The fourth-order valence-electron chi connectivity index (χ4n) is 2.79. The number of halogens is 1. The van der Waals surface area contributed by atoms with Crippen LogP contribution in [0.25, 0.3) is 0 Å². The summed E-state index contributed by atoms with van der Waals surface area (Å²) in [7, 11) is -3.68. The fraction of sp³-hybridized carbons (Fsp3) is 0.438. The minimum Gasteiger partial charge on any atom is -0.359 e. The first kappa shape index (κ1) is 16.1. The molecule has 1 atom stereocenters. The summed E-state index contributed by atoms with van der Waals surface area (Å²) < 4.78 is 45.5. The third-order valence-corrected chi connectivity index (χ3v) is 6.01. The number of hydrogen-bond acceptors (Lipinski definition) is 4. The molecule has 2 heterocycles. The van der Waals surface area contributed by atoms with Crippen molar-refractivity contribution in [3.8, 4) is 0 Å². The molecule has 5 nitrogen and oxygen atoms in total. The van der Waals surface area contributed by atoms with Crippen LogP contribution in [0.5, 0.6) is 0 Å². The first-order valence-electron chi connectivity index (χ1n) is 7.63. The Kier molecular flexibility index (Phi) is 4.25. The van der Waals surface area contributed by atoms with Gasteiger partial charge in [-0.05, 0) is 43.0 Å². The minimum absolute atomic E-state index is 0.0920. The highest BCUT2D eigenvalue weighted by Crippen LogP contribution is 2.37. The Bertz CT molecular complexity index is 784. The lowest BCUT2D eigenvalue weighted by molar-refractivity contribution is 0.295. The van der Waals surface area contributed by atoms with E-state index in [4.69, 9.17) is 4.52 Å². The lowest BCUT2D eigenvalue weighted by Gasteiger charge is -2.22. The maximum absolute atomic E-state index is 13.0. The topological polar surface area (TPSA) is 63.4 Å². The van der Waals surface area contributed by atoms with Gasteiger partial charge in [-0.15, -0.1) is 0 Å². The molecular formula is C16H19FN2O3S. The molecule has 2 aromatic rings. The summed E-state index contributed by atoms with van der Waals surface area (Å²) in [5, 5.41) is 4.02. The van der Waals surface area contributed by atoms with Gasteiger partial charge >= 0.3 is 0 Å². The zero-order valence-electron chi connectivity index (χ0n) is 13.1. The van der Waals surface area contributed by atoms with Gasteiger partial charge in [0.15, 0.2) is 5.76 Å². The molecule has 0 spiro atoms. The van der Waals surface area contributed by atoms with Crippen LogP contribution in [0.1, 0.15) is 50.1 Å². The van der Waals surface area contributed by atoms with Crippen molar-refractivity contribution >= 4 is 10.0 Å². The average molecular weight is 338 g/mol. The number of nitrogens with zero attached hydrogens (tertiary/aromatic N) is 2. The van der Waals surface area contributed by atoms with Gasteiger partial charge in [0.25, 0.3) is 0 Å². The van der Waals surface area contributed by atoms with Gasteiger partial charge in [-0.25, -0.2) is 12.8 Å². The normalized spacial score (nSPS) is 19.6. The molecule has 0 radical (unpaired) electrons. The minimum atomic E-state index is -3.68. The maximum atomic E-state index is 13.0. The predicted molar refractivity (Wildman–Crippen MR) is 82.9 cm³/mol. The third kappa shape index (κ3) is 3.03.